The third-order valence-electron chi connectivity index (χ3n) is 4.15. The maximum Gasteiger partial charge on any atom is 0.296 e. The van der Waals surface area contributed by atoms with Crippen LogP contribution in [0.1, 0.15) is 16.8 Å². The van der Waals surface area contributed by atoms with Gasteiger partial charge in [0.2, 0.25) is 4.96 Å². The van der Waals surface area contributed by atoms with E-state index in [1.807, 2.05) is 48.5 Å². The van der Waals surface area contributed by atoms with E-state index < -0.39 is 5.56 Å². The normalized spacial score (nSPS) is 11.9. The maximum atomic E-state index is 12.7. The molecule has 0 aliphatic carbocycles. The molecular formula is C20H14BrN3O3S. The molecule has 28 heavy (non-hydrogen) atoms. The van der Waals surface area contributed by atoms with E-state index in [-0.39, 0.29) is 16.2 Å². The van der Waals surface area contributed by atoms with Crippen molar-refractivity contribution >= 4 is 38.3 Å². The number of hydrogen-bond acceptors (Lipinski definition) is 6. The molecule has 2 aromatic carbocycles. The highest BCUT2D eigenvalue weighted by atomic mass is 79.9. The molecule has 8 heteroatoms. The first kappa shape index (κ1) is 18.5. The molecule has 2 heterocycles. The van der Waals surface area contributed by atoms with E-state index in [1.165, 1.54) is 4.52 Å². The standard InChI is InChI=1S/C20H14BrN3O3S/c1-27-15-8-4-12(5-9-15)10-16-18(25)22-20-24(23-16)19(26)17(28-20)11-13-2-6-14(21)7-3-13/h2-9,11H,10H2,1H3. The average molecular weight is 456 g/mol. The Morgan fingerprint density at radius 3 is 2.50 bits per heavy atom. The lowest BCUT2D eigenvalue weighted by Gasteiger charge is -2.02. The summed E-state index contributed by atoms with van der Waals surface area (Å²) >= 11 is 4.54. The Balaban J connectivity index is 1.75. The van der Waals surface area contributed by atoms with E-state index in [4.69, 9.17) is 4.74 Å². The molecule has 0 amide bonds. The Bertz CT molecular complexity index is 1310. The summed E-state index contributed by atoms with van der Waals surface area (Å²) in [5, 5.41) is 4.27. The Hall–Kier alpha value is -2.84. The quantitative estimate of drug-likeness (QED) is 0.472. The lowest BCUT2D eigenvalue weighted by atomic mass is 10.1. The van der Waals surface area contributed by atoms with Crippen LogP contribution in [0.3, 0.4) is 0 Å². The van der Waals surface area contributed by atoms with E-state index in [1.54, 1.807) is 13.2 Å². The fraction of sp³-hybridized carbons (Fsp3) is 0.100. The highest BCUT2D eigenvalue weighted by Crippen LogP contribution is 2.13. The molecule has 6 nitrogen and oxygen atoms in total. The predicted molar refractivity (Wildman–Crippen MR) is 112 cm³/mol. The van der Waals surface area contributed by atoms with Crippen LogP contribution in [0.5, 0.6) is 5.75 Å². The second-order valence-electron chi connectivity index (χ2n) is 6.05. The smallest absolute Gasteiger partial charge is 0.296 e. The van der Waals surface area contributed by atoms with Crippen molar-refractivity contribution in [3.63, 3.8) is 0 Å². The van der Waals surface area contributed by atoms with Crippen molar-refractivity contribution in [3.05, 3.63) is 95.1 Å². The topological polar surface area (TPSA) is 73.6 Å². The van der Waals surface area contributed by atoms with E-state index in [0.717, 1.165) is 32.7 Å². The number of nitrogens with zero attached hydrogens (tertiary/aromatic N) is 3. The van der Waals surface area contributed by atoms with Gasteiger partial charge in [-0.15, -0.1) is 0 Å². The molecule has 0 aliphatic heterocycles. The van der Waals surface area contributed by atoms with Gasteiger partial charge in [-0.3, -0.25) is 9.59 Å². The molecule has 0 N–H and O–H groups in total. The second kappa shape index (κ2) is 7.65. The summed E-state index contributed by atoms with van der Waals surface area (Å²) in [4.78, 5) is 29.4. The Morgan fingerprint density at radius 2 is 1.82 bits per heavy atom. The SMILES string of the molecule is COc1ccc(Cc2nn3c(=O)c(=Cc4ccc(Br)cc4)sc3nc2=O)cc1. The average Bonchev–Trinajstić information content (AvgIpc) is 2.99. The minimum Gasteiger partial charge on any atom is -0.497 e. The van der Waals surface area contributed by atoms with Gasteiger partial charge >= 0.3 is 0 Å². The largest absolute Gasteiger partial charge is 0.497 e. The molecule has 0 saturated heterocycles. The molecular weight excluding hydrogens is 442 g/mol. The Labute approximate surface area is 171 Å². The van der Waals surface area contributed by atoms with Crippen molar-refractivity contribution in [1.29, 1.82) is 0 Å². The number of fused-ring (bicyclic) bond motifs is 1. The number of thiazole rings is 1. The Morgan fingerprint density at radius 1 is 1.11 bits per heavy atom. The van der Waals surface area contributed by atoms with Crippen LogP contribution in [0.4, 0.5) is 0 Å². The van der Waals surface area contributed by atoms with Gasteiger partial charge in [0.05, 0.1) is 11.6 Å². The number of hydrogen-bond donors (Lipinski definition) is 0. The van der Waals surface area contributed by atoms with Crippen LogP contribution in [0.15, 0.2) is 62.6 Å². The van der Waals surface area contributed by atoms with Crippen LogP contribution in [-0.4, -0.2) is 21.7 Å². The molecule has 0 fully saturated rings. The molecule has 4 rings (SSSR count). The van der Waals surface area contributed by atoms with Crippen molar-refractivity contribution in [3.8, 4) is 5.75 Å². The molecule has 0 radical (unpaired) electrons. The van der Waals surface area contributed by atoms with E-state index in [2.05, 4.69) is 26.0 Å². The van der Waals surface area contributed by atoms with Crippen molar-refractivity contribution in [2.45, 2.75) is 6.42 Å². The number of rotatable bonds is 4. The van der Waals surface area contributed by atoms with Crippen molar-refractivity contribution < 1.29 is 4.74 Å². The van der Waals surface area contributed by atoms with Gasteiger partial charge in [-0.2, -0.15) is 14.6 Å². The molecule has 4 aromatic rings. The monoisotopic (exact) mass is 455 g/mol. The van der Waals surface area contributed by atoms with Crippen LogP contribution < -0.4 is 20.4 Å². The number of halogens is 1. The summed E-state index contributed by atoms with van der Waals surface area (Å²) in [6, 6.07) is 14.9. The first-order valence-corrected chi connectivity index (χ1v) is 9.97. The maximum absolute atomic E-state index is 12.7. The summed E-state index contributed by atoms with van der Waals surface area (Å²) < 4.78 is 7.77. The second-order valence-corrected chi connectivity index (χ2v) is 7.98. The van der Waals surface area contributed by atoms with Gasteiger partial charge in [-0.1, -0.05) is 51.5 Å². The molecule has 0 saturated carbocycles. The highest BCUT2D eigenvalue weighted by Gasteiger charge is 2.12. The summed E-state index contributed by atoms with van der Waals surface area (Å²) in [5.41, 5.74) is 1.29. The van der Waals surface area contributed by atoms with E-state index in [9.17, 15) is 9.59 Å². The molecule has 140 valence electrons. The third kappa shape index (κ3) is 3.74. The zero-order valence-corrected chi connectivity index (χ0v) is 17.2. The van der Waals surface area contributed by atoms with Gasteiger partial charge in [0.1, 0.15) is 11.4 Å². The minimum absolute atomic E-state index is 0.229. The van der Waals surface area contributed by atoms with E-state index in [0.29, 0.717) is 11.0 Å². The molecule has 2 aromatic heterocycles. The van der Waals surface area contributed by atoms with Crippen molar-refractivity contribution in [2.24, 2.45) is 0 Å². The summed E-state index contributed by atoms with van der Waals surface area (Å²) in [6.45, 7) is 0. The molecule has 0 unspecified atom stereocenters. The lowest BCUT2D eigenvalue weighted by molar-refractivity contribution is 0.414. The van der Waals surface area contributed by atoms with Crippen LogP contribution in [0, 0.1) is 0 Å². The van der Waals surface area contributed by atoms with Crippen molar-refractivity contribution in [1.82, 2.24) is 14.6 Å². The van der Waals surface area contributed by atoms with Gasteiger partial charge in [0.25, 0.3) is 11.1 Å². The summed E-state index contributed by atoms with van der Waals surface area (Å²) in [5.74, 6) is 0.731. The number of ether oxygens (including phenoxy) is 1. The van der Waals surface area contributed by atoms with Gasteiger partial charge in [0, 0.05) is 10.9 Å². The summed E-state index contributed by atoms with van der Waals surface area (Å²) in [6.07, 6.45) is 2.06. The van der Waals surface area contributed by atoms with Gasteiger partial charge in [-0.05, 0) is 41.5 Å². The fourth-order valence-corrected chi connectivity index (χ4v) is 3.87. The molecule has 0 spiro atoms. The first-order chi connectivity index (χ1) is 13.5. The number of aromatic nitrogens is 3. The van der Waals surface area contributed by atoms with Crippen LogP contribution in [-0.2, 0) is 6.42 Å². The molecule has 0 aliphatic rings. The van der Waals surface area contributed by atoms with Crippen LogP contribution >= 0.6 is 27.3 Å². The first-order valence-electron chi connectivity index (χ1n) is 8.36. The van der Waals surface area contributed by atoms with Gasteiger partial charge in [0.15, 0.2) is 0 Å². The zero-order valence-electron chi connectivity index (χ0n) is 14.8. The molecule has 0 atom stereocenters. The fourth-order valence-electron chi connectivity index (χ4n) is 2.70. The minimum atomic E-state index is -0.424. The zero-order chi connectivity index (χ0) is 19.7. The van der Waals surface area contributed by atoms with Gasteiger partial charge in [-0.25, -0.2) is 0 Å². The number of benzene rings is 2. The van der Waals surface area contributed by atoms with Gasteiger partial charge < -0.3 is 4.74 Å². The molecule has 0 bridgehead atoms. The van der Waals surface area contributed by atoms with E-state index >= 15 is 0 Å². The van der Waals surface area contributed by atoms with Crippen LogP contribution in [0.2, 0.25) is 0 Å². The predicted octanol–water partition coefficient (Wildman–Crippen LogP) is 2.42. The third-order valence-corrected chi connectivity index (χ3v) is 5.64. The van der Waals surface area contributed by atoms with Crippen LogP contribution in [0.25, 0.3) is 11.0 Å². The lowest BCUT2D eigenvalue weighted by Crippen LogP contribution is -2.28. The number of methoxy groups -OCH3 is 1. The highest BCUT2D eigenvalue weighted by molar-refractivity contribution is 9.10. The summed E-state index contributed by atoms with van der Waals surface area (Å²) in [7, 11) is 1.59. The Kier molecular flexibility index (Phi) is 5.06. The van der Waals surface area contributed by atoms with Crippen molar-refractivity contribution in [2.75, 3.05) is 7.11 Å².